The van der Waals surface area contributed by atoms with Gasteiger partial charge in [0.2, 0.25) is 5.91 Å². The second-order valence-corrected chi connectivity index (χ2v) is 9.51. The van der Waals surface area contributed by atoms with Crippen molar-refractivity contribution in [3.05, 3.63) is 35.0 Å². The molecule has 6 nitrogen and oxygen atoms in total. The van der Waals surface area contributed by atoms with Crippen molar-refractivity contribution in [1.82, 2.24) is 15.6 Å². The van der Waals surface area contributed by atoms with Gasteiger partial charge in [0, 0.05) is 18.7 Å². The molecule has 1 aliphatic heterocycles. The molecule has 1 aliphatic carbocycles. The zero-order valence-electron chi connectivity index (χ0n) is 17.7. The number of thiazole rings is 1. The van der Waals surface area contributed by atoms with Crippen LogP contribution >= 0.6 is 11.3 Å². The Labute approximate surface area is 182 Å². The number of carbonyl (C=O) groups is 1. The Morgan fingerprint density at radius 2 is 2.13 bits per heavy atom. The number of aryl methyl sites for hydroxylation is 1. The number of rotatable bonds is 6. The van der Waals surface area contributed by atoms with Crippen molar-refractivity contribution in [2.24, 2.45) is 5.92 Å². The van der Waals surface area contributed by atoms with Crippen LogP contribution in [0.1, 0.15) is 50.3 Å². The number of hydrogen-bond acceptors (Lipinski definition) is 6. The summed E-state index contributed by atoms with van der Waals surface area (Å²) in [5.74, 6) is 1.54. The van der Waals surface area contributed by atoms with Gasteiger partial charge in [0.1, 0.15) is 5.75 Å². The third-order valence-electron chi connectivity index (χ3n) is 6.21. The van der Waals surface area contributed by atoms with Crippen LogP contribution in [0.3, 0.4) is 0 Å². The minimum absolute atomic E-state index is 0.0774. The molecule has 30 heavy (non-hydrogen) atoms. The number of benzene rings is 1. The molecule has 4 rings (SSSR count). The van der Waals surface area contributed by atoms with Crippen LogP contribution in [0.25, 0.3) is 10.4 Å². The van der Waals surface area contributed by atoms with Crippen LogP contribution in [0.2, 0.25) is 0 Å². The zero-order valence-corrected chi connectivity index (χ0v) is 18.5. The van der Waals surface area contributed by atoms with Gasteiger partial charge in [0.15, 0.2) is 0 Å². The fourth-order valence-corrected chi connectivity index (χ4v) is 5.08. The van der Waals surface area contributed by atoms with Gasteiger partial charge < -0.3 is 20.5 Å². The van der Waals surface area contributed by atoms with Crippen molar-refractivity contribution in [2.45, 2.75) is 70.7 Å². The lowest BCUT2D eigenvalue weighted by Crippen LogP contribution is -2.40. The number of aromatic nitrogens is 1. The first-order valence-corrected chi connectivity index (χ1v) is 11.8. The molecule has 162 valence electrons. The largest absolute Gasteiger partial charge is 0.490 e. The first-order chi connectivity index (χ1) is 14.5. The maximum absolute atomic E-state index is 12.5. The molecule has 3 N–H and O–H groups in total. The van der Waals surface area contributed by atoms with Gasteiger partial charge >= 0.3 is 0 Å². The molecule has 2 aliphatic rings. The molecular formula is C23H31N3O3S. The fraction of sp³-hybridized carbons (Fsp3) is 0.565. The predicted octanol–water partition coefficient (Wildman–Crippen LogP) is 3.42. The number of aliphatic hydroxyl groups is 1. The molecule has 1 saturated carbocycles. The highest BCUT2D eigenvalue weighted by molar-refractivity contribution is 7.13. The van der Waals surface area contributed by atoms with Crippen molar-refractivity contribution in [3.8, 4) is 16.2 Å². The number of β-amino-alcohol motifs (C(OH)–C–C–N with tert-alkyl or cyclic N) is 1. The van der Waals surface area contributed by atoms with E-state index in [9.17, 15) is 9.90 Å². The maximum Gasteiger partial charge on any atom is 0.237 e. The highest BCUT2D eigenvalue weighted by Gasteiger charge is 2.28. The number of carbonyl (C=O) groups excluding carboxylic acids is 1. The van der Waals surface area contributed by atoms with Crippen LogP contribution < -0.4 is 15.4 Å². The highest BCUT2D eigenvalue weighted by atomic mass is 32.1. The number of nitrogens with one attached hydrogen (secondary N) is 2. The van der Waals surface area contributed by atoms with Crippen LogP contribution in [0.5, 0.6) is 5.75 Å². The molecule has 2 aromatic rings. The lowest BCUT2D eigenvalue weighted by Gasteiger charge is -2.28. The Hall–Kier alpha value is -1.96. The molecule has 1 aromatic carbocycles. The van der Waals surface area contributed by atoms with Gasteiger partial charge in [-0.05, 0) is 56.6 Å². The van der Waals surface area contributed by atoms with E-state index >= 15 is 0 Å². The van der Waals surface area contributed by atoms with Crippen molar-refractivity contribution in [2.75, 3.05) is 6.54 Å². The standard InChI is InChI=1S/C23H31N3O3S/c1-14-3-7-19(8-4-14)29-21-9-16(22-15(2)26-13-30-22)5-6-17(21)11-25-23(28)20-10-18(27)12-24-20/h5-6,9,13-14,18-20,24,27H,3-4,7-8,10-12H2,1-2H3,(H,25,28)/t14?,18-,19?,20+/m1/s1. The fourth-order valence-electron chi connectivity index (χ4n) is 4.28. The number of amides is 1. The number of hydrogen-bond donors (Lipinski definition) is 3. The average molecular weight is 430 g/mol. The molecule has 2 heterocycles. The van der Waals surface area contributed by atoms with Gasteiger partial charge in [0.25, 0.3) is 0 Å². The predicted molar refractivity (Wildman–Crippen MR) is 119 cm³/mol. The summed E-state index contributed by atoms with van der Waals surface area (Å²) in [4.78, 5) is 18.0. The summed E-state index contributed by atoms with van der Waals surface area (Å²) in [6, 6.07) is 5.89. The summed E-state index contributed by atoms with van der Waals surface area (Å²) < 4.78 is 6.47. The van der Waals surface area contributed by atoms with Crippen molar-refractivity contribution >= 4 is 17.2 Å². The van der Waals surface area contributed by atoms with Gasteiger partial charge in [-0.25, -0.2) is 4.98 Å². The Balaban J connectivity index is 1.50. The number of nitrogens with zero attached hydrogens (tertiary/aromatic N) is 1. The first-order valence-electron chi connectivity index (χ1n) is 10.9. The Morgan fingerprint density at radius 3 is 2.80 bits per heavy atom. The minimum Gasteiger partial charge on any atom is -0.490 e. The van der Waals surface area contributed by atoms with Gasteiger partial charge in [-0.3, -0.25) is 4.79 Å². The Bertz CT molecular complexity index is 876. The quantitative estimate of drug-likeness (QED) is 0.655. The van der Waals surface area contributed by atoms with Crippen molar-refractivity contribution in [1.29, 1.82) is 0 Å². The van der Waals surface area contributed by atoms with E-state index in [1.165, 1.54) is 12.8 Å². The van der Waals surface area contributed by atoms with E-state index in [0.29, 0.717) is 19.5 Å². The Kier molecular flexibility index (Phi) is 6.71. The maximum atomic E-state index is 12.5. The molecule has 2 atom stereocenters. The van der Waals surface area contributed by atoms with Gasteiger partial charge in [-0.2, -0.15) is 0 Å². The van der Waals surface area contributed by atoms with E-state index in [2.05, 4.69) is 34.7 Å². The van der Waals surface area contributed by atoms with E-state index in [0.717, 1.165) is 46.2 Å². The summed E-state index contributed by atoms with van der Waals surface area (Å²) in [6.45, 7) is 5.20. The van der Waals surface area contributed by atoms with E-state index in [1.54, 1.807) is 11.3 Å². The van der Waals surface area contributed by atoms with Gasteiger partial charge in [-0.1, -0.05) is 19.1 Å². The zero-order chi connectivity index (χ0) is 21.1. The lowest BCUT2D eigenvalue weighted by molar-refractivity contribution is -0.123. The van der Waals surface area contributed by atoms with Gasteiger partial charge in [-0.15, -0.1) is 11.3 Å². The molecule has 2 fully saturated rings. The van der Waals surface area contributed by atoms with Crippen LogP contribution in [0.4, 0.5) is 0 Å². The number of aliphatic hydroxyl groups excluding tert-OH is 1. The monoisotopic (exact) mass is 429 g/mol. The molecule has 0 radical (unpaired) electrons. The lowest BCUT2D eigenvalue weighted by atomic mass is 9.89. The molecule has 0 bridgehead atoms. The molecule has 1 saturated heterocycles. The topological polar surface area (TPSA) is 83.5 Å². The van der Waals surface area contributed by atoms with Crippen molar-refractivity contribution in [3.63, 3.8) is 0 Å². The van der Waals surface area contributed by atoms with Crippen molar-refractivity contribution < 1.29 is 14.6 Å². The highest BCUT2D eigenvalue weighted by Crippen LogP contribution is 2.34. The average Bonchev–Trinajstić information content (AvgIpc) is 3.36. The summed E-state index contributed by atoms with van der Waals surface area (Å²) in [7, 11) is 0. The van der Waals surface area contributed by atoms with Crippen LogP contribution in [0, 0.1) is 12.8 Å². The second-order valence-electron chi connectivity index (χ2n) is 8.66. The summed E-state index contributed by atoms with van der Waals surface area (Å²) in [5, 5.41) is 15.7. The van der Waals surface area contributed by atoms with E-state index < -0.39 is 6.10 Å². The normalized spacial score (nSPS) is 26.5. The van der Waals surface area contributed by atoms with Crippen LogP contribution in [-0.4, -0.2) is 40.8 Å². The van der Waals surface area contributed by atoms with E-state index in [4.69, 9.17) is 4.74 Å². The molecular weight excluding hydrogens is 398 g/mol. The SMILES string of the molecule is Cc1ncsc1-c1ccc(CNC(=O)[C@@H]2C[C@@H](O)CN2)c(OC2CCC(C)CC2)c1. The second kappa shape index (κ2) is 9.45. The van der Waals surface area contributed by atoms with E-state index in [1.807, 2.05) is 18.5 Å². The molecule has 0 unspecified atom stereocenters. The summed E-state index contributed by atoms with van der Waals surface area (Å²) in [5.41, 5.74) is 4.96. The molecule has 0 spiro atoms. The summed E-state index contributed by atoms with van der Waals surface area (Å²) in [6.07, 6.45) is 4.76. The third-order valence-corrected chi connectivity index (χ3v) is 7.19. The van der Waals surface area contributed by atoms with Crippen LogP contribution in [-0.2, 0) is 11.3 Å². The third kappa shape index (κ3) is 5.02. The van der Waals surface area contributed by atoms with E-state index in [-0.39, 0.29) is 18.1 Å². The smallest absolute Gasteiger partial charge is 0.237 e. The number of ether oxygens (including phenoxy) is 1. The molecule has 1 amide bonds. The van der Waals surface area contributed by atoms with Gasteiger partial charge in [0.05, 0.1) is 34.3 Å². The molecule has 7 heteroatoms. The summed E-state index contributed by atoms with van der Waals surface area (Å²) >= 11 is 1.63. The Morgan fingerprint density at radius 1 is 1.33 bits per heavy atom. The minimum atomic E-state index is -0.449. The first kappa shape index (κ1) is 21.3. The van der Waals surface area contributed by atoms with Crippen LogP contribution in [0.15, 0.2) is 23.7 Å². The molecule has 1 aromatic heterocycles.